The molecule has 5 heteroatoms. The molecule has 0 aromatic carbocycles. The summed E-state index contributed by atoms with van der Waals surface area (Å²) in [5.74, 6) is -2.98. The van der Waals surface area contributed by atoms with Gasteiger partial charge in [-0.05, 0) is 31.9 Å². The van der Waals surface area contributed by atoms with Crippen LogP contribution in [0.2, 0.25) is 0 Å². The zero-order valence-corrected chi connectivity index (χ0v) is 10.6. The molecule has 0 aliphatic carbocycles. The molecule has 2 atom stereocenters. The van der Waals surface area contributed by atoms with E-state index in [0.29, 0.717) is 11.1 Å². The lowest BCUT2D eigenvalue weighted by molar-refractivity contribution is -0.144. The lowest BCUT2D eigenvalue weighted by Crippen LogP contribution is -2.26. The van der Waals surface area contributed by atoms with E-state index in [1.165, 1.54) is 6.92 Å². The highest BCUT2D eigenvalue weighted by Gasteiger charge is 2.21. The van der Waals surface area contributed by atoms with Crippen molar-refractivity contribution in [1.82, 2.24) is 0 Å². The number of allylic oxidation sites excluding steroid dienone is 4. The van der Waals surface area contributed by atoms with Crippen LogP contribution in [-0.2, 0) is 9.59 Å². The first kappa shape index (κ1) is 16.1. The summed E-state index contributed by atoms with van der Waals surface area (Å²) in [6.45, 7) is 4.67. The van der Waals surface area contributed by atoms with E-state index in [0.717, 1.165) is 6.08 Å². The third-order valence-electron chi connectivity index (χ3n) is 2.40. The lowest BCUT2D eigenvalue weighted by atomic mass is 9.98. The number of aliphatic hydroxyl groups is 1. The highest BCUT2D eigenvalue weighted by molar-refractivity contribution is 5.81. The van der Waals surface area contributed by atoms with Crippen molar-refractivity contribution in [3.05, 3.63) is 35.5 Å². The molecule has 0 heterocycles. The molecule has 0 saturated carbocycles. The Kier molecular flexibility index (Phi) is 6.67. The van der Waals surface area contributed by atoms with Crippen LogP contribution in [0.3, 0.4) is 0 Å². The van der Waals surface area contributed by atoms with E-state index in [9.17, 15) is 14.7 Å². The third-order valence-corrected chi connectivity index (χ3v) is 2.40. The molecule has 0 unspecified atom stereocenters. The Morgan fingerprint density at radius 1 is 1.17 bits per heavy atom. The first-order valence-corrected chi connectivity index (χ1v) is 5.42. The van der Waals surface area contributed by atoms with Gasteiger partial charge in [-0.25, -0.2) is 4.79 Å². The van der Waals surface area contributed by atoms with Gasteiger partial charge in [0.05, 0.1) is 12.0 Å². The predicted octanol–water partition coefficient (Wildman–Crippen LogP) is 1.60. The fourth-order valence-corrected chi connectivity index (χ4v) is 1.22. The van der Waals surface area contributed by atoms with Gasteiger partial charge in [0.15, 0.2) is 0 Å². The van der Waals surface area contributed by atoms with Gasteiger partial charge in [-0.15, -0.1) is 0 Å². The molecular formula is C13H18O5. The Hall–Kier alpha value is -1.88. The maximum absolute atomic E-state index is 10.7. The first-order valence-electron chi connectivity index (χ1n) is 5.42. The normalized spacial score (nSPS) is 16.7. The van der Waals surface area contributed by atoms with Crippen LogP contribution < -0.4 is 0 Å². The average molecular weight is 254 g/mol. The Labute approximate surface area is 106 Å². The van der Waals surface area contributed by atoms with E-state index in [4.69, 9.17) is 10.2 Å². The fraction of sp³-hybridized carbons (Fsp3) is 0.385. The molecule has 0 rings (SSSR count). The molecule has 0 saturated heterocycles. The highest BCUT2D eigenvalue weighted by atomic mass is 16.4. The van der Waals surface area contributed by atoms with Crippen LogP contribution in [0.25, 0.3) is 0 Å². The van der Waals surface area contributed by atoms with Crippen molar-refractivity contribution in [2.45, 2.75) is 26.9 Å². The summed E-state index contributed by atoms with van der Waals surface area (Å²) >= 11 is 0. The molecule has 18 heavy (non-hydrogen) atoms. The van der Waals surface area contributed by atoms with Gasteiger partial charge in [-0.3, -0.25) is 4.79 Å². The molecule has 0 amide bonds. The second-order valence-corrected chi connectivity index (χ2v) is 4.07. The van der Waals surface area contributed by atoms with Crippen molar-refractivity contribution in [2.75, 3.05) is 0 Å². The van der Waals surface area contributed by atoms with E-state index >= 15 is 0 Å². The highest BCUT2D eigenvalue weighted by Crippen LogP contribution is 2.12. The summed E-state index contributed by atoms with van der Waals surface area (Å²) in [5, 5.41) is 26.9. The Balaban J connectivity index is 4.66. The molecule has 5 nitrogen and oxygen atoms in total. The number of carboxylic acids is 2. The first-order chi connectivity index (χ1) is 8.25. The van der Waals surface area contributed by atoms with Crippen LogP contribution in [0.1, 0.15) is 20.8 Å². The van der Waals surface area contributed by atoms with Crippen molar-refractivity contribution in [2.24, 2.45) is 5.92 Å². The molecule has 0 aromatic rings. The van der Waals surface area contributed by atoms with Gasteiger partial charge in [0.2, 0.25) is 0 Å². The van der Waals surface area contributed by atoms with E-state index < -0.39 is 24.0 Å². The number of hydrogen-bond donors (Lipinski definition) is 3. The van der Waals surface area contributed by atoms with Gasteiger partial charge in [0.1, 0.15) is 0 Å². The summed E-state index contributed by atoms with van der Waals surface area (Å²) < 4.78 is 0. The molecular weight excluding hydrogens is 236 g/mol. The number of aliphatic hydroxyl groups excluding tert-OH is 1. The van der Waals surface area contributed by atoms with Crippen molar-refractivity contribution < 1.29 is 24.9 Å². The summed E-state index contributed by atoms with van der Waals surface area (Å²) in [6, 6.07) is 0. The van der Waals surface area contributed by atoms with Crippen LogP contribution in [0.15, 0.2) is 35.5 Å². The maximum Gasteiger partial charge on any atom is 0.328 e. The van der Waals surface area contributed by atoms with E-state index in [2.05, 4.69) is 0 Å². The van der Waals surface area contributed by atoms with Crippen molar-refractivity contribution in [1.29, 1.82) is 0 Å². The van der Waals surface area contributed by atoms with Crippen LogP contribution in [-0.4, -0.2) is 33.4 Å². The second-order valence-electron chi connectivity index (χ2n) is 4.07. The number of hydrogen-bond acceptors (Lipinski definition) is 3. The molecule has 0 aromatic heterocycles. The standard InChI is InChI=1S/C13H18O5/c1-8(7-11(14)15)5-4-6-9(2)12(16)10(3)13(17)18/h4-7,10,12,16H,1-3H3,(H,14,15)(H,17,18)/b5-4+,8-7+,9-6+/t10-,12-/m0/s1. The molecule has 0 spiro atoms. The van der Waals surface area contributed by atoms with Crippen LogP contribution in [0.5, 0.6) is 0 Å². The lowest BCUT2D eigenvalue weighted by Gasteiger charge is -2.14. The fourth-order valence-electron chi connectivity index (χ4n) is 1.22. The summed E-state index contributed by atoms with van der Waals surface area (Å²) in [7, 11) is 0. The van der Waals surface area contributed by atoms with Gasteiger partial charge in [-0.2, -0.15) is 0 Å². The third kappa shape index (κ3) is 6.00. The van der Waals surface area contributed by atoms with E-state index in [-0.39, 0.29) is 0 Å². The van der Waals surface area contributed by atoms with Gasteiger partial charge >= 0.3 is 11.9 Å². The van der Waals surface area contributed by atoms with Gasteiger partial charge in [-0.1, -0.05) is 18.2 Å². The van der Waals surface area contributed by atoms with Crippen LogP contribution in [0.4, 0.5) is 0 Å². The quantitative estimate of drug-likeness (QED) is 0.494. The smallest absolute Gasteiger partial charge is 0.328 e. The summed E-state index contributed by atoms with van der Waals surface area (Å²) in [4.78, 5) is 21.0. The number of carbonyl (C=O) groups is 2. The molecule has 0 bridgehead atoms. The number of carboxylic acid groups (broad SMARTS) is 2. The molecule has 0 aliphatic rings. The van der Waals surface area contributed by atoms with E-state index in [1.807, 2.05) is 0 Å². The molecule has 0 radical (unpaired) electrons. The number of rotatable bonds is 6. The zero-order valence-electron chi connectivity index (χ0n) is 10.6. The molecule has 100 valence electrons. The van der Waals surface area contributed by atoms with Gasteiger partial charge in [0, 0.05) is 6.08 Å². The summed E-state index contributed by atoms with van der Waals surface area (Å²) in [5.41, 5.74) is 1.05. The second kappa shape index (κ2) is 7.45. The molecule has 3 N–H and O–H groups in total. The van der Waals surface area contributed by atoms with Crippen molar-refractivity contribution in [3.63, 3.8) is 0 Å². The topological polar surface area (TPSA) is 94.8 Å². The SMILES string of the molecule is CC(/C=C/C=C(\C)[C@H](O)[C@H](C)C(=O)O)=C\C(=O)O. The largest absolute Gasteiger partial charge is 0.481 e. The summed E-state index contributed by atoms with van der Waals surface area (Å²) in [6.07, 6.45) is 4.69. The van der Waals surface area contributed by atoms with E-state index in [1.54, 1.807) is 32.1 Å². The number of aliphatic carboxylic acids is 2. The minimum atomic E-state index is -1.07. The van der Waals surface area contributed by atoms with Crippen LogP contribution >= 0.6 is 0 Å². The van der Waals surface area contributed by atoms with Gasteiger partial charge in [0.25, 0.3) is 0 Å². The Morgan fingerprint density at radius 3 is 2.17 bits per heavy atom. The van der Waals surface area contributed by atoms with Crippen molar-refractivity contribution >= 4 is 11.9 Å². The minimum Gasteiger partial charge on any atom is -0.481 e. The van der Waals surface area contributed by atoms with Crippen LogP contribution in [0, 0.1) is 5.92 Å². The zero-order chi connectivity index (χ0) is 14.3. The Bertz CT molecular complexity index is 404. The maximum atomic E-state index is 10.7. The Morgan fingerprint density at radius 2 is 1.72 bits per heavy atom. The average Bonchev–Trinajstić information content (AvgIpc) is 2.25. The van der Waals surface area contributed by atoms with Crippen molar-refractivity contribution in [3.8, 4) is 0 Å². The molecule has 0 fully saturated rings. The molecule has 0 aliphatic heterocycles. The monoisotopic (exact) mass is 254 g/mol. The van der Waals surface area contributed by atoms with Gasteiger partial charge < -0.3 is 15.3 Å². The predicted molar refractivity (Wildman–Crippen MR) is 67.1 cm³/mol. The minimum absolute atomic E-state index is 0.504.